The molecule has 8 nitrogen and oxygen atoms in total. The molecule has 0 radical (unpaired) electrons. The van der Waals surface area contributed by atoms with Gasteiger partial charge >= 0.3 is 13.3 Å². The zero-order chi connectivity index (χ0) is 27.3. The van der Waals surface area contributed by atoms with Crippen LogP contribution >= 0.6 is 7.60 Å². The summed E-state index contributed by atoms with van der Waals surface area (Å²) < 4.78 is 42.9. The van der Waals surface area contributed by atoms with E-state index in [9.17, 15) is 22.7 Å². The van der Waals surface area contributed by atoms with Gasteiger partial charge < -0.3 is 9.42 Å². The molecule has 1 N–H and O–H groups in total. The second kappa shape index (κ2) is 21.5. The fraction of sp³-hybridized carbons (Fsp3) is 0.962. The molecular formula is C26H53O8PS. The van der Waals surface area contributed by atoms with Gasteiger partial charge in [0.1, 0.15) is 6.10 Å². The lowest BCUT2D eigenvalue weighted by Gasteiger charge is -2.23. The highest BCUT2D eigenvalue weighted by Gasteiger charge is 2.37. The summed E-state index contributed by atoms with van der Waals surface area (Å²) >= 11 is 0. The van der Waals surface area contributed by atoms with Crippen molar-refractivity contribution < 1.29 is 37.0 Å². The van der Waals surface area contributed by atoms with Gasteiger partial charge in [-0.05, 0) is 26.2 Å². The van der Waals surface area contributed by atoms with E-state index >= 15 is 0 Å². The molecule has 0 heterocycles. The summed E-state index contributed by atoms with van der Waals surface area (Å²) in [5.41, 5.74) is -1.53. The van der Waals surface area contributed by atoms with Gasteiger partial charge in [0.2, 0.25) is 0 Å². The van der Waals surface area contributed by atoms with E-state index in [2.05, 4.69) is 23.3 Å². The molecular weight excluding hydrogens is 503 g/mol. The zero-order valence-corrected chi connectivity index (χ0v) is 25.0. The minimum atomic E-state index is -4.64. The third-order valence-corrected chi connectivity index (χ3v) is 9.80. The summed E-state index contributed by atoms with van der Waals surface area (Å²) in [6.45, 7) is 7.52. The summed E-state index contributed by atoms with van der Waals surface area (Å²) in [6.07, 6.45) is 15.8. The molecule has 0 amide bonds. The molecule has 0 saturated heterocycles. The Balaban J connectivity index is 4.82. The van der Waals surface area contributed by atoms with E-state index in [0.29, 0.717) is 19.3 Å². The quantitative estimate of drug-likeness (QED) is 0.0518. The SMILES string of the molecule is CCCCCCCCCCCS(=O)(=O)C(CCCCCCCC)C(C)OOC(=O)P(=O)(O)OCCC. The molecule has 216 valence electrons. The summed E-state index contributed by atoms with van der Waals surface area (Å²) in [5, 5.41) is -0.847. The van der Waals surface area contributed by atoms with Gasteiger partial charge in [0.05, 0.1) is 17.6 Å². The predicted octanol–water partition coefficient (Wildman–Crippen LogP) is 8.12. The summed E-state index contributed by atoms with van der Waals surface area (Å²) in [7, 11) is -8.14. The molecule has 0 bridgehead atoms. The van der Waals surface area contributed by atoms with Gasteiger partial charge in [-0.3, -0.25) is 4.89 Å². The molecule has 0 fully saturated rings. The Kier molecular flexibility index (Phi) is 21.2. The molecule has 3 atom stereocenters. The fourth-order valence-corrected chi connectivity index (χ4v) is 6.83. The Morgan fingerprint density at radius 2 is 1.25 bits per heavy atom. The van der Waals surface area contributed by atoms with Gasteiger partial charge in [-0.1, -0.05) is 111 Å². The van der Waals surface area contributed by atoms with E-state index in [1.165, 1.54) is 39.0 Å². The van der Waals surface area contributed by atoms with Crippen molar-refractivity contribution in [3.63, 3.8) is 0 Å². The van der Waals surface area contributed by atoms with Gasteiger partial charge in [-0.15, -0.1) is 0 Å². The first-order valence-corrected chi connectivity index (χ1v) is 17.5. The zero-order valence-electron chi connectivity index (χ0n) is 23.3. The minimum Gasteiger partial charge on any atom is -0.316 e. The predicted molar refractivity (Wildman–Crippen MR) is 146 cm³/mol. The molecule has 0 aliphatic carbocycles. The number of hydrogen-bond donors (Lipinski definition) is 1. The second-order valence-corrected chi connectivity index (χ2v) is 13.8. The highest BCUT2D eigenvalue weighted by Crippen LogP contribution is 2.44. The van der Waals surface area contributed by atoms with Crippen molar-refractivity contribution in [2.75, 3.05) is 12.4 Å². The van der Waals surface area contributed by atoms with Crippen molar-refractivity contribution in [2.24, 2.45) is 0 Å². The number of carbonyl (C=O) groups is 1. The highest BCUT2D eigenvalue weighted by atomic mass is 32.2. The number of rotatable bonds is 25. The number of unbranched alkanes of at least 4 members (excludes halogenated alkanes) is 13. The first-order valence-electron chi connectivity index (χ1n) is 14.2. The Morgan fingerprint density at radius 1 is 0.778 bits per heavy atom. The Morgan fingerprint density at radius 3 is 1.75 bits per heavy atom. The van der Waals surface area contributed by atoms with E-state index in [4.69, 9.17) is 4.89 Å². The second-order valence-electron chi connectivity index (χ2n) is 9.79. The molecule has 3 unspecified atom stereocenters. The average molecular weight is 557 g/mol. The highest BCUT2D eigenvalue weighted by molar-refractivity contribution is 7.92. The van der Waals surface area contributed by atoms with Gasteiger partial charge in [-0.25, -0.2) is 17.8 Å². The first kappa shape index (κ1) is 35.5. The lowest BCUT2D eigenvalue weighted by atomic mass is 10.1. The van der Waals surface area contributed by atoms with Crippen molar-refractivity contribution in [3.8, 4) is 0 Å². The van der Waals surface area contributed by atoms with Crippen molar-refractivity contribution in [1.82, 2.24) is 0 Å². The summed E-state index contributed by atoms with van der Waals surface area (Å²) in [6, 6.07) is 0. The van der Waals surface area contributed by atoms with Crippen LogP contribution in [0, 0.1) is 0 Å². The maximum Gasteiger partial charge on any atom is 0.452 e. The minimum absolute atomic E-state index is 0.0586. The third-order valence-electron chi connectivity index (χ3n) is 6.33. The fourth-order valence-electron chi connectivity index (χ4n) is 4.09. The first-order chi connectivity index (χ1) is 17.1. The van der Waals surface area contributed by atoms with Crippen LogP contribution in [0.15, 0.2) is 0 Å². The van der Waals surface area contributed by atoms with Crippen LogP contribution < -0.4 is 0 Å². The molecule has 0 aliphatic rings. The Labute approximate surface area is 220 Å². The number of carbonyl (C=O) groups excluding carboxylic acids is 1. The van der Waals surface area contributed by atoms with Crippen molar-refractivity contribution in [3.05, 3.63) is 0 Å². The van der Waals surface area contributed by atoms with E-state index in [1.807, 2.05) is 0 Å². The smallest absolute Gasteiger partial charge is 0.316 e. The lowest BCUT2D eigenvalue weighted by molar-refractivity contribution is -0.262. The lowest BCUT2D eigenvalue weighted by Crippen LogP contribution is -2.36. The molecule has 0 spiro atoms. The summed E-state index contributed by atoms with van der Waals surface area (Å²) in [5.74, 6) is 0.0586. The van der Waals surface area contributed by atoms with Crippen molar-refractivity contribution >= 4 is 23.1 Å². The van der Waals surface area contributed by atoms with E-state index in [1.54, 1.807) is 6.92 Å². The van der Waals surface area contributed by atoms with Crippen LogP contribution in [0.3, 0.4) is 0 Å². The summed E-state index contributed by atoms with van der Waals surface area (Å²) in [4.78, 5) is 31.2. The van der Waals surface area contributed by atoms with Gasteiger partial charge in [0, 0.05) is 0 Å². The van der Waals surface area contributed by atoms with Crippen LogP contribution in [0.2, 0.25) is 0 Å². The third kappa shape index (κ3) is 17.1. The van der Waals surface area contributed by atoms with Gasteiger partial charge in [0.15, 0.2) is 9.84 Å². The molecule has 0 aromatic carbocycles. The normalized spacial score (nSPS) is 15.4. The Hall–Kier alpha value is -0.470. The maximum absolute atomic E-state index is 13.2. The Bertz CT molecular complexity index is 698. The molecule has 0 aromatic heterocycles. The molecule has 0 aromatic rings. The van der Waals surface area contributed by atoms with Crippen molar-refractivity contribution in [1.29, 1.82) is 0 Å². The number of hydrogen-bond acceptors (Lipinski definition) is 7. The average Bonchev–Trinajstić information content (AvgIpc) is 2.84. The van der Waals surface area contributed by atoms with Crippen LogP contribution in [-0.4, -0.2) is 42.7 Å². The van der Waals surface area contributed by atoms with Crippen LogP contribution in [-0.2, 0) is 28.7 Å². The van der Waals surface area contributed by atoms with Crippen LogP contribution in [0.25, 0.3) is 0 Å². The standard InChI is InChI=1S/C26H53O8PS/c1-5-8-10-12-14-15-16-18-20-23-36(30,31)25(21-19-17-13-11-9-6-2)24(4)33-34-26(27)35(28,29)32-22-7-3/h24-25H,5-23H2,1-4H3,(H,28,29). The molecule has 36 heavy (non-hydrogen) atoms. The van der Waals surface area contributed by atoms with Crippen LogP contribution in [0.5, 0.6) is 0 Å². The maximum atomic E-state index is 13.2. The van der Waals surface area contributed by atoms with E-state index in [0.717, 1.165) is 57.8 Å². The molecule has 0 aliphatic heterocycles. The largest absolute Gasteiger partial charge is 0.452 e. The van der Waals surface area contributed by atoms with E-state index < -0.39 is 34.5 Å². The van der Waals surface area contributed by atoms with Crippen LogP contribution in [0.4, 0.5) is 4.79 Å². The van der Waals surface area contributed by atoms with Gasteiger partial charge in [0.25, 0.3) is 0 Å². The molecule has 10 heteroatoms. The van der Waals surface area contributed by atoms with Crippen LogP contribution in [0.1, 0.15) is 137 Å². The number of sulfone groups is 1. The van der Waals surface area contributed by atoms with E-state index in [-0.39, 0.29) is 12.4 Å². The topological polar surface area (TPSA) is 116 Å². The molecule has 0 rings (SSSR count). The van der Waals surface area contributed by atoms with Crippen molar-refractivity contribution in [2.45, 2.75) is 148 Å². The monoisotopic (exact) mass is 556 g/mol. The van der Waals surface area contributed by atoms with Gasteiger partial charge in [-0.2, -0.15) is 4.89 Å². The molecule has 0 saturated carbocycles.